The first-order valence-corrected chi connectivity index (χ1v) is 8.28. The zero-order chi connectivity index (χ0) is 18.4. The van der Waals surface area contributed by atoms with Crippen LogP contribution in [0.3, 0.4) is 0 Å². The van der Waals surface area contributed by atoms with E-state index >= 15 is 0 Å². The van der Waals surface area contributed by atoms with Gasteiger partial charge in [-0.2, -0.15) is 5.10 Å². The molecule has 25 heavy (non-hydrogen) atoms. The number of carboxylic acid groups (broad SMARTS) is 1. The van der Waals surface area contributed by atoms with E-state index in [1.54, 1.807) is 26.0 Å². The summed E-state index contributed by atoms with van der Waals surface area (Å²) >= 11 is 0. The third-order valence-electron chi connectivity index (χ3n) is 4.84. The Morgan fingerprint density at radius 3 is 2.32 bits per heavy atom. The van der Waals surface area contributed by atoms with Crippen LogP contribution >= 0.6 is 0 Å². The van der Waals surface area contributed by atoms with E-state index in [2.05, 4.69) is 20.5 Å². The van der Waals surface area contributed by atoms with Crippen molar-refractivity contribution < 1.29 is 14.7 Å². The number of amides is 1. The fourth-order valence-corrected chi connectivity index (χ4v) is 3.17. The largest absolute Gasteiger partial charge is 0.481 e. The van der Waals surface area contributed by atoms with E-state index in [0.717, 1.165) is 11.4 Å². The zero-order valence-corrected chi connectivity index (χ0v) is 14.7. The van der Waals surface area contributed by atoms with Gasteiger partial charge in [0.15, 0.2) is 5.82 Å². The summed E-state index contributed by atoms with van der Waals surface area (Å²) in [6.45, 7) is 7.67. The highest BCUT2D eigenvalue weighted by molar-refractivity contribution is 5.99. The van der Waals surface area contributed by atoms with E-state index < -0.39 is 23.2 Å². The molecule has 1 aromatic heterocycles. The van der Waals surface area contributed by atoms with Crippen LogP contribution in [0, 0.1) is 17.3 Å². The molecular formula is C18H22N4O3. The predicted molar refractivity (Wildman–Crippen MR) is 92.9 cm³/mol. The molecule has 1 aliphatic carbocycles. The van der Waals surface area contributed by atoms with Crippen LogP contribution in [0.2, 0.25) is 0 Å². The van der Waals surface area contributed by atoms with Gasteiger partial charge >= 0.3 is 5.97 Å². The molecule has 1 saturated carbocycles. The number of rotatable bonds is 5. The molecule has 3 N–H and O–H groups in total. The van der Waals surface area contributed by atoms with Gasteiger partial charge in [-0.3, -0.25) is 14.7 Å². The van der Waals surface area contributed by atoms with Crippen LogP contribution in [0.15, 0.2) is 24.3 Å². The minimum atomic E-state index is -0.925. The van der Waals surface area contributed by atoms with Crippen LogP contribution in [0.4, 0.5) is 5.69 Å². The number of hydrogen-bond acceptors (Lipinski definition) is 4. The molecular weight excluding hydrogens is 320 g/mol. The van der Waals surface area contributed by atoms with Gasteiger partial charge in [0.05, 0.1) is 11.8 Å². The first-order valence-electron chi connectivity index (χ1n) is 8.28. The average molecular weight is 342 g/mol. The van der Waals surface area contributed by atoms with E-state index in [-0.39, 0.29) is 11.8 Å². The van der Waals surface area contributed by atoms with E-state index in [1.807, 2.05) is 26.0 Å². The normalized spacial score (nSPS) is 21.2. The number of benzene rings is 1. The fraction of sp³-hybridized carbons (Fsp3) is 0.444. The third kappa shape index (κ3) is 3.14. The molecule has 1 aromatic carbocycles. The van der Waals surface area contributed by atoms with Crippen molar-refractivity contribution in [3.8, 4) is 11.4 Å². The highest BCUT2D eigenvalue weighted by atomic mass is 16.4. The summed E-state index contributed by atoms with van der Waals surface area (Å²) in [4.78, 5) is 28.0. The van der Waals surface area contributed by atoms with Crippen molar-refractivity contribution in [2.24, 2.45) is 17.3 Å². The zero-order valence-electron chi connectivity index (χ0n) is 14.7. The number of aromatic amines is 1. The molecule has 3 rings (SSSR count). The lowest BCUT2D eigenvalue weighted by Crippen LogP contribution is -2.17. The van der Waals surface area contributed by atoms with Gasteiger partial charge in [-0.15, -0.1) is 0 Å². The Bertz CT molecular complexity index is 808. The van der Waals surface area contributed by atoms with Crippen LogP contribution < -0.4 is 5.32 Å². The molecule has 7 heteroatoms. The number of anilines is 1. The summed E-state index contributed by atoms with van der Waals surface area (Å²) in [7, 11) is 0. The summed E-state index contributed by atoms with van der Waals surface area (Å²) < 4.78 is 0. The van der Waals surface area contributed by atoms with Crippen LogP contribution in [0.1, 0.15) is 39.4 Å². The standard InChI is InChI=1S/C18H22N4O3/c1-9(2)14-20-15(22-21-14)10-5-7-11(8-6-10)19-16(23)12-13(17(24)25)18(12,3)4/h5-9,12-13H,1-4H3,(H,19,23)(H,24,25)(H,20,21,22)/t12-,13+/m1/s1. The molecule has 0 radical (unpaired) electrons. The van der Waals surface area contributed by atoms with Crippen molar-refractivity contribution >= 4 is 17.6 Å². The Hall–Kier alpha value is -2.70. The minimum absolute atomic E-state index is 0.259. The van der Waals surface area contributed by atoms with Crippen molar-refractivity contribution in [2.45, 2.75) is 33.6 Å². The predicted octanol–water partition coefficient (Wildman–Crippen LogP) is 2.89. The van der Waals surface area contributed by atoms with Gasteiger partial charge in [-0.25, -0.2) is 4.98 Å². The molecule has 0 spiro atoms. The molecule has 1 aliphatic rings. The number of carboxylic acids is 1. The van der Waals surface area contributed by atoms with Crippen molar-refractivity contribution in [3.63, 3.8) is 0 Å². The molecule has 2 aromatic rings. The maximum atomic E-state index is 12.3. The molecule has 0 unspecified atom stereocenters. The van der Waals surface area contributed by atoms with Crippen LogP contribution in [-0.4, -0.2) is 32.2 Å². The first kappa shape index (κ1) is 17.1. The van der Waals surface area contributed by atoms with E-state index in [1.165, 1.54) is 0 Å². The lowest BCUT2D eigenvalue weighted by molar-refractivity contribution is -0.140. The van der Waals surface area contributed by atoms with E-state index in [0.29, 0.717) is 11.5 Å². The van der Waals surface area contributed by atoms with Gasteiger partial charge in [0.2, 0.25) is 5.91 Å². The quantitative estimate of drug-likeness (QED) is 0.774. The lowest BCUT2D eigenvalue weighted by Gasteiger charge is -2.06. The molecule has 1 fully saturated rings. The van der Waals surface area contributed by atoms with Crippen molar-refractivity contribution in [1.82, 2.24) is 15.2 Å². The number of aliphatic carboxylic acids is 1. The highest BCUT2D eigenvalue weighted by Crippen LogP contribution is 2.58. The number of hydrogen-bond donors (Lipinski definition) is 3. The SMILES string of the molecule is CC(C)c1nc(-c2ccc(NC(=O)[C@H]3[C@@H](C(=O)O)C3(C)C)cc2)n[nH]1. The van der Waals surface area contributed by atoms with Crippen LogP contribution in [-0.2, 0) is 9.59 Å². The van der Waals surface area contributed by atoms with Gasteiger partial charge in [-0.1, -0.05) is 27.7 Å². The third-order valence-corrected chi connectivity index (χ3v) is 4.84. The number of aromatic nitrogens is 3. The van der Waals surface area contributed by atoms with Crippen LogP contribution in [0.5, 0.6) is 0 Å². The number of nitrogens with zero attached hydrogens (tertiary/aromatic N) is 2. The second-order valence-corrected chi connectivity index (χ2v) is 7.38. The summed E-state index contributed by atoms with van der Waals surface area (Å²) in [5, 5.41) is 19.1. The number of carbonyl (C=O) groups excluding carboxylic acids is 1. The van der Waals surface area contributed by atoms with Gasteiger partial charge in [0, 0.05) is 17.2 Å². The molecule has 0 bridgehead atoms. The molecule has 132 valence electrons. The summed E-state index contributed by atoms with van der Waals surface area (Å²) in [6, 6.07) is 7.19. The van der Waals surface area contributed by atoms with Gasteiger partial charge in [0.1, 0.15) is 5.82 Å². The maximum Gasteiger partial charge on any atom is 0.307 e. The Morgan fingerprint density at radius 1 is 1.20 bits per heavy atom. The smallest absolute Gasteiger partial charge is 0.307 e. The Labute approximate surface area is 145 Å². The molecule has 1 heterocycles. The second-order valence-electron chi connectivity index (χ2n) is 7.38. The Morgan fingerprint density at radius 2 is 1.84 bits per heavy atom. The van der Waals surface area contributed by atoms with Gasteiger partial charge in [0.25, 0.3) is 0 Å². The van der Waals surface area contributed by atoms with Gasteiger partial charge < -0.3 is 10.4 Å². The average Bonchev–Trinajstić information content (AvgIpc) is 2.91. The maximum absolute atomic E-state index is 12.3. The van der Waals surface area contributed by atoms with Gasteiger partial charge in [-0.05, 0) is 29.7 Å². The Balaban J connectivity index is 1.69. The summed E-state index contributed by atoms with van der Waals surface area (Å²) in [6.07, 6.45) is 0. The number of H-pyrrole nitrogens is 1. The Kier molecular flexibility index (Phi) is 4.10. The fourth-order valence-electron chi connectivity index (χ4n) is 3.17. The summed E-state index contributed by atoms with van der Waals surface area (Å²) in [5.41, 5.74) is 0.957. The monoisotopic (exact) mass is 342 g/mol. The molecule has 7 nitrogen and oxygen atoms in total. The van der Waals surface area contributed by atoms with E-state index in [9.17, 15) is 14.7 Å². The molecule has 2 atom stereocenters. The highest BCUT2D eigenvalue weighted by Gasteiger charge is 2.65. The van der Waals surface area contributed by atoms with Crippen molar-refractivity contribution in [1.29, 1.82) is 0 Å². The molecule has 0 saturated heterocycles. The number of carbonyl (C=O) groups is 2. The van der Waals surface area contributed by atoms with Crippen molar-refractivity contribution in [2.75, 3.05) is 5.32 Å². The minimum Gasteiger partial charge on any atom is -0.481 e. The second kappa shape index (κ2) is 5.98. The van der Waals surface area contributed by atoms with Crippen molar-refractivity contribution in [3.05, 3.63) is 30.1 Å². The lowest BCUT2D eigenvalue weighted by atomic mass is 10.1. The van der Waals surface area contributed by atoms with Crippen LogP contribution in [0.25, 0.3) is 11.4 Å². The summed E-state index contributed by atoms with van der Waals surface area (Å²) in [5.74, 6) is -0.625. The number of nitrogens with one attached hydrogen (secondary N) is 2. The molecule has 0 aliphatic heterocycles. The van der Waals surface area contributed by atoms with E-state index in [4.69, 9.17) is 0 Å². The first-order chi connectivity index (χ1) is 11.7. The molecule has 1 amide bonds. The topological polar surface area (TPSA) is 108 Å².